The Balaban J connectivity index is 1.52. The molecule has 2 aromatic carbocycles. The van der Waals surface area contributed by atoms with Crippen molar-refractivity contribution in [2.24, 2.45) is 0 Å². The number of aromatic hydroxyl groups is 1. The number of hydrogen-bond acceptors (Lipinski definition) is 7. The first-order chi connectivity index (χ1) is 13.9. The van der Waals surface area contributed by atoms with E-state index in [4.69, 9.17) is 9.47 Å². The molecular formula is C21H20N2O5S. The highest BCUT2D eigenvalue weighted by molar-refractivity contribution is 7.09. The van der Waals surface area contributed by atoms with Gasteiger partial charge >= 0.3 is 5.97 Å². The second-order valence-electron chi connectivity index (χ2n) is 6.28. The minimum atomic E-state index is -0.670. The number of phenolic OH excluding ortho intramolecular Hbond substituents is 1. The number of thiazole rings is 1. The molecule has 29 heavy (non-hydrogen) atoms. The number of methoxy groups -OCH3 is 1. The van der Waals surface area contributed by atoms with Crippen molar-refractivity contribution in [3.05, 3.63) is 69.7 Å². The molecule has 150 valence electrons. The van der Waals surface area contributed by atoms with Crippen molar-refractivity contribution in [2.75, 3.05) is 12.4 Å². The van der Waals surface area contributed by atoms with E-state index in [0.29, 0.717) is 16.5 Å². The highest BCUT2D eigenvalue weighted by atomic mass is 32.1. The zero-order valence-corrected chi connectivity index (χ0v) is 16.8. The number of rotatable bonds is 7. The smallest absolute Gasteiger partial charge is 0.342 e. The molecule has 1 heterocycles. The standard InChI is InChI=1S/C21H20N2O5S/c1-13-3-5-14(6-4-13)22-19(25)10-20-23-15(12-29-20)11-28-21(26)17-8-7-16(27-2)9-18(17)24/h3-9,12,24H,10-11H2,1-2H3,(H,22,25). The molecule has 0 atom stereocenters. The van der Waals surface area contributed by atoms with Crippen molar-refractivity contribution < 1.29 is 24.2 Å². The number of hydrogen-bond donors (Lipinski definition) is 2. The van der Waals surface area contributed by atoms with Crippen LogP contribution in [0.5, 0.6) is 11.5 Å². The van der Waals surface area contributed by atoms with Gasteiger partial charge in [-0.2, -0.15) is 0 Å². The van der Waals surface area contributed by atoms with Crippen LogP contribution in [0.3, 0.4) is 0 Å². The quantitative estimate of drug-likeness (QED) is 0.574. The van der Waals surface area contributed by atoms with Crippen LogP contribution in [0, 0.1) is 6.92 Å². The van der Waals surface area contributed by atoms with Crippen LogP contribution in [0.15, 0.2) is 47.8 Å². The zero-order valence-electron chi connectivity index (χ0n) is 16.0. The number of nitrogens with zero attached hydrogens (tertiary/aromatic N) is 1. The van der Waals surface area contributed by atoms with Gasteiger partial charge in [0.25, 0.3) is 0 Å². The lowest BCUT2D eigenvalue weighted by molar-refractivity contribution is -0.115. The minimum Gasteiger partial charge on any atom is -0.507 e. The molecular weight excluding hydrogens is 392 g/mol. The summed E-state index contributed by atoms with van der Waals surface area (Å²) >= 11 is 1.32. The van der Waals surface area contributed by atoms with Crippen LogP contribution < -0.4 is 10.1 Å². The Morgan fingerprint density at radius 3 is 2.62 bits per heavy atom. The van der Waals surface area contributed by atoms with Gasteiger partial charge in [0.15, 0.2) is 0 Å². The first-order valence-corrected chi connectivity index (χ1v) is 9.66. The maximum Gasteiger partial charge on any atom is 0.342 e. The molecule has 3 rings (SSSR count). The monoisotopic (exact) mass is 412 g/mol. The number of phenols is 1. The number of carbonyl (C=O) groups is 2. The lowest BCUT2D eigenvalue weighted by atomic mass is 10.2. The summed E-state index contributed by atoms with van der Waals surface area (Å²) in [5.74, 6) is -0.625. The van der Waals surface area contributed by atoms with Crippen LogP contribution in [0.4, 0.5) is 5.69 Å². The summed E-state index contributed by atoms with van der Waals surface area (Å²) in [6.45, 7) is 1.92. The molecule has 0 saturated heterocycles. The van der Waals surface area contributed by atoms with E-state index < -0.39 is 5.97 Å². The summed E-state index contributed by atoms with van der Waals surface area (Å²) in [7, 11) is 1.47. The molecule has 0 aliphatic heterocycles. The number of aromatic nitrogens is 1. The van der Waals surface area contributed by atoms with E-state index in [9.17, 15) is 14.7 Å². The highest BCUT2D eigenvalue weighted by Gasteiger charge is 2.15. The van der Waals surface area contributed by atoms with Crippen LogP contribution in [0.1, 0.15) is 26.6 Å². The molecule has 0 aliphatic carbocycles. The van der Waals surface area contributed by atoms with E-state index in [0.717, 1.165) is 11.3 Å². The maximum absolute atomic E-state index is 12.1. The van der Waals surface area contributed by atoms with Gasteiger partial charge in [-0.05, 0) is 31.2 Å². The molecule has 2 N–H and O–H groups in total. The van der Waals surface area contributed by atoms with Gasteiger partial charge in [-0.25, -0.2) is 9.78 Å². The van der Waals surface area contributed by atoms with Gasteiger partial charge in [0.05, 0.1) is 19.2 Å². The van der Waals surface area contributed by atoms with Crippen molar-refractivity contribution in [2.45, 2.75) is 20.0 Å². The van der Waals surface area contributed by atoms with Crippen LogP contribution >= 0.6 is 11.3 Å². The molecule has 0 aliphatic rings. The maximum atomic E-state index is 12.1. The number of amides is 1. The van der Waals surface area contributed by atoms with Crippen LogP contribution in [0.2, 0.25) is 0 Å². The summed E-state index contributed by atoms with van der Waals surface area (Å²) in [4.78, 5) is 28.6. The van der Waals surface area contributed by atoms with Gasteiger partial charge in [0.1, 0.15) is 28.7 Å². The van der Waals surface area contributed by atoms with E-state index in [-0.39, 0.29) is 30.2 Å². The van der Waals surface area contributed by atoms with E-state index >= 15 is 0 Å². The molecule has 7 nitrogen and oxygen atoms in total. The summed E-state index contributed by atoms with van der Waals surface area (Å²) in [5, 5.41) is 15.1. The SMILES string of the molecule is COc1ccc(C(=O)OCc2csc(CC(=O)Nc3ccc(C)cc3)n2)c(O)c1. The number of nitrogens with one attached hydrogen (secondary N) is 1. The molecule has 0 unspecified atom stereocenters. The first kappa shape index (κ1) is 20.3. The number of aryl methyl sites for hydroxylation is 1. The predicted octanol–water partition coefficient (Wildman–Crippen LogP) is 3.70. The fraction of sp³-hybridized carbons (Fsp3) is 0.190. The summed E-state index contributed by atoms with van der Waals surface area (Å²) in [5.41, 5.74) is 2.42. The molecule has 1 aromatic heterocycles. The molecule has 3 aromatic rings. The fourth-order valence-electron chi connectivity index (χ4n) is 2.50. The third-order valence-electron chi connectivity index (χ3n) is 4.02. The van der Waals surface area contributed by atoms with E-state index in [1.54, 1.807) is 11.4 Å². The first-order valence-electron chi connectivity index (χ1n) is 8.78. The Kier molecular flexibility index (Phi) is 6.46. The number of ether oxygens (including phenoxy) is 2. The fourth-order valence-corrected chi connectivity index (χ4v) is 3.28. The molecule has 1 amide bonds. The second kappa shape index (κ2) is 9.20. The molecule has 0 bridgehead atoms. The second-order valence-corrected chi connectivity index (χ2v) is 7.23. The summed E-state index contributed by atoms with van der Waals surface area (Å²) < 4.78 is 10.2. The Hall–Kier alpha value is -3.39. The van der Waals surface area contributed by atoms with Gasteiger partial charge < -0.3 is 19.9 Å². The molecule has 8 heteroatoms. The Bertz CT molecular complexity index is 1010. The zero-order chi connectivity index (χ0) is 20.8. The lowest BCUT2D eigenvalue weighted by Gasteiger charge is -2.06. The predicted molar refractivity (Wildman–Crippen MR) is 109 cm³/mol. The number of esters is 1. The topological polar surface area (TPSA) is 97.8 Å². The summed E-state index contributed by atoms with van der Waals surface area (Å²) in [6, 6.07) is 11.9. The van der Waals surface area contributed by atoms with Gasteiger partial charge in [-0.15, -0.1) is 11.3 Å². The highest BCUT2D eigenvalue weighted by Crippen LogP contribution is 2.24. The minimum absolute atomic E-state index is 0.0405. The Labute approximate surface area is 171 Å². The average Bonchev–Trinajstić information content (AvgIpc) is 3.15. The molecule has 0 spiro atoms. The molecule has 0 fully saturated rings. The Morgan fingerprint density at radius 2 is 1.93 bits per heavy atom. The van der Waals surface area contributed by atoms with Crippen LogP contribution in [-0.4, -0.2) is 29.1 Å². The molecule has 0 saturated carbocycles. The van der Waals surface area contributed by atoms with Gasteiger partial charge in [-0.3, -0.25) is 4.79 Å². The van der Waals surface area contributed by atoms with Crippen molar-refractivity contribution >= 4 is 28.9 Å². The van der Waals surface area contributed by atoms with Crippen LogP contribution in [-0.2, 0) is 22.6 Å². The summed E-state index contributed by atoms with van der Waals surface area (Å²) in [6.07, 6.45) is 0.131. The van der Waals surface area contributed by atoms with Crippen LogP contribution in [0.25, 0.3) is 0 Å². The van der Waals surface area contributed by atoms with Crippen molar-refractivity contribution in [3.63, 3.8) is 0 Å². The molecule has 0 radical (unpaired) electrons. The number of carbonyl (C=O) groups excluding carboxylic acids is 2. The van der Waals surface area contributed by atoms with Gasteiger partial charge in [-0.1, -0.05) is 17.7 Å². The van der Waals surface area contributed by atoms with Crippen molar-refractivity contribution in [1.29, 1.82) is 0 Å². The van der Waals surface area contributed by atoms with Gasteiger partial charge in [0.2, 0.25) is 5.91 Å². The third kappa shape index (κ3) is 5.55. The average molecular weight is 412 g/mol. The van der Waals surface area contributed by atoms with Crippen molar-refractivity contribution in [1.82, 2.24) is 4.98 Å². The number of anilines is 1. The van der Waals surface area contributed by atoms with E-state index in [1.165, 1.54) is 30.6 Å². The normalized spacial score (nSPS) is 10.4. The van der Waals surface area contributed by atoms with E-state index in [1.807, 2.05) is 31.2 Å². The number of benzene rings is 2. The third-order valence-corrected chi connectivity index (χ3v) is 4.92. The van der Waals surface area contributed by atoms with E-state index in [2.05, 4.69) is 10.3 Å². The largest absolute Gasteiger partial charge is 0.507 e. The van der Waals surface area contributed by atoms with Crippen molar-refractivity contribution in [3.8, 4) is 11.5 Å². The lowest BCUT2D eigenvalue weighted by Crippen LogP contribution is -2.14. The Morgan fingerprint density at radius 1 is 1.17 bits per heavy atom. The van der Waals surface area contributed by atoms with Gasteiger partial charge in [0, 0.05) is 17.1 Å².